The average molecular weight is 262 g/mol. The number of benzene rings is 1. The van der Waals surface area contributed by atoms with E-state index in [9.17, 15) is 5.11 Å². The standard InChI is InChI=1S/C16H26N2O/c1-16(2,3)15(8-9-19)18-14-10-13(17)11-6-4-5-7-12(11)14/h4-7,13-15,18-19H,8-10,17H2,1-3H3. The molecule has 3 heteroatoms. The molecular formula is C16H26N2O. The molecular weight excluding hydrogens is 236 g/mol. The summed E-state index contributed by atoms with van der Waals surface area (Å²) in [6, 6.07) is 9.14. The summed E-state index contributed by atoms with van der Waals surface area (Å²) in [6.07, 6.45) is 1.72. The van der Waals surface area contributed by atoms with Crippen LogP contribution in [-0.4, -0.2) is 17.8 Å². The molecule has 1 aliphatic carbocycles. The Morgan fingerprint density at radius 3 is 2.53 bits per heavy atom. The first-order chi connectivity index (χ1) is 8.93. The van der Waals surface area contributed by atoms with Crippen molar-refractivity contribution in [3.63, 3.8) is 0 Å². The van der Waals surface area contributed by atoms with Gasteiger partial charge in [-0.2, -0.15) is 0 Å². The zero-order chi connectivity index (χ0) is 14.0. The molecule has 0 bridgehead atoms. The first-order valence-electron chi connectivity index (χ1n) is 7.15. The normalized spacial score (nSPS) is 24.3. The molecule has 106 valence electrons. The van der Waals surface area contributed by atoms with Crippen LogP contribution < -0.4 is 11.1 Å². The van der Waals surface area contributed by atoms with Crippen LogP contribution in [0, 0.1) is 5.41 Å². The SMILES string of the molecule is CC(C)(C)C(CCO)NC1CC(N)c2ccccc21. The van der Waals surface area contributed by atoms with Crippen molar-refractivity contribution >= 4 is 0 Å². The summed E-state index contributed by atoms with van der Waals surface area (Å²) in [5, 5.41) is 13.0. The first kappa shape index (κ1) is 14.5. The number of nitrogens with one attached hydrogen (secondary N) is 1. The number of hydrogen-bond donors (Lipinski definition) is 3. The zero-order valence-electron chi connectivity index (χ0n) is 12.2. The van der Waals surface area contributed by atoms with E-state index in [1.165, 1.54) is 11.1 Å². The van der Waals surface area contributed by atoms with Crippen LogP contribution in [0.2, 0.25) is 0 Å². The summed E-state index contributed by atoms with van der Waals surface area (Å²) in [5.41, 5.74) is 8.92. The van der Waals surface area contributed by atoms with Crippen LogP contribution in [0.3, 0.4) is 0 Å². The Morgan fingerprint density at radius 2 is 1.95 bits per heavy atom. The van der Waals surface area contributed by atoms with Gasteiger partial charge in [0, 0.05) is 24.7 Å². The van der Waals surface area contributed by atoms with E-state index in [-0.39, 0.29) is 18.1 Å². The van der Waals surface area contributed by atoms with Gasteiger partial charge < -0.3 is 16.2 Å². The summed E-state index contributed by atoms with van der Waals surface area (Å²) < 4.78 is 0. The van der Waals surface area contributed by atoms with Gasteiger partial charge in [0.05, 0.1) is 0 Å². The predicted octanol–water partition coefficient (Wildman–Crippen LogP) is 2.52. The molecule has 1 aromatic rings. The number of aliphatic hydroxyl groups excluding tert-OH is 1. The third-order valence-corrected chi connectivity index (χ3v) is 4.13. The van der Waals surface area contributed by atoms with E-state index in [0.717, 1.165) is 12.8 Å². The van der Waals surface area contributed by atoms with E-state index in [1.807, 2.05) is 0 Å². The Hall–Kier alpha value is -0.900. The van der Waals surface area contributed by atoms with Crippen LogP contribution in [-0.2, 0) is 0 Å². The average Bonchev–Trinajstić information content (AvgIpc) is 2.66. The van der Waals surface area contributed by atoms with Gasteiger partial charge in [-0.15, -0.1) is 0 Å². The predicted molar refractivity (Wildman–Crippen MR) is 78.8 cm³/mol. The fraction of sp³-hybridized carbons (Fsp3) is 0.625. The lowest BCUT2D eigenvalue weighted by molar-refractivity contribution is 0.184. The summed E-state index contributed by atoms with van der Waals surface area (Å²) >= 11 is 0. The molecule has 0 heterocycles. The van der Waals surface area contributed by atoms with Crippen LogP contribution in [0.15, 0.2) is 24.3 Å². The highest BCUT2D eigenvalue weighted by molar-refractivity contribution is 5.37. The van der Waals surface area contributed by atoms with Crippen molar-refractivity contribution in [2.75, 3.05) is 6.61 Å². The minimum Gasteiger partial charge on any atom is -0.396 e. The molecule has 0 aromatic heterocycles. The van der Waals surface area contributed by atoms with Crippen molar-refractivity contribution in [3.05, 3.63) is 35.4 Å². The third kappa shape index (κ3) is 3.16. The van der Waals surface area contributed by atoms with Gasteiger partial charge >= 0.3 is 0 Å². The van der Waals surface area contributed by atoms with Gasteiger partial charge in [-0.3, -0.25) is 0 Å². The lowest BCUT2D eigenvalue weighted by Gasteiger charge is -2.34. The van der Waals surface area contributed by atoms with Gasteiger partial charge in [-0.05, 0) is 29.4 Å². The van der Waals surface area contributed by atoms with E-state index in [2.05, 4.69) is 50.4 Å². The maximum atomic E-state index is 9.26. The summed E-state index contributed by atoms with van der Waals surface area (Å²) in [5.74, 6) is 0. The quantitative estimate of drug-likeness (QED) is 0.781. The number of rotatable bonds is 4. The molecule has 0 spiro atoms. The smallest absolute Gasteiger partial charge is 0.0446 e. The van der Waals surface area contributed by atoms with Gasteiger partial charge in [-0.25, -0.2) is 0 Å². The Labute approximate surface area is 116 Å². The number of fused-ring (bicyclic) bond motifs is 1. The van der Waals surface area contributed by atoms with Gasteiger partial charge in [0.2, 0.25) is 0 Å². The van der Waals surface area contributed by atoms with E-state index >= 15 is 0 Å². The number of hydrogen-bond acceptors (Lipinski definition) is 3. The molecule has 0 fully saturated rings. The highest BCUT2D eigenvalue weighted by atomic mass is 16.3. The summed E-state index contributed by atoms with van der Waals surface area (Å²) in [6.45, 7) is 6.85. The Balaban J connectivity index is 2.16. The molecule has 0 aliphatic heterocycles. The monoisotopic (exact) mass is 262 g/mol. The highest BCUT2D eigenvalue weighted by Gasteiger charge is 2.32. The zero-order valence-corrected chi connectivity index (χ0v) is 12.2. The van der Waals surface area contributed by atoms with Gasteiger partial charge in [0.15, 0.2) is 0 Å². The van der Waals surface area contributed by atoms with E-state index in [1.54, 1.807) is 0 Å². The second-order valence-corrected chi connectivity index (χ2v) is 6.62. The van der Waals surface area contributed by atoms with E-state index in [4.69, 9.17) is 5.73 Å². The lowest BCUT2D eigenvalue weighted by atomic mass is 9.84. The van der Waals surface area contributed by atoms with Crippen molar-refractivity contribution in [3.8, 4) is 0 Å². The minimum atomic E-state index is 0.128. The maximum absolute atomic E-state index is 9.26. The molecule has 3 unspecified atom stereocenters. The number of nitrogens with two attached hydrogens (primary N) is 1. The molecule has 0 radical (unpaired) electrons. The molecule has 2 rings (SSSR count). The molecule has 1 aliphatic rings. The second kappa shape index (κ2) is 5.61. The second-order valence-electron chi connectivity index (χ2n) is 6.62. The van der Waals surface area contributed by atoms with Crippen molar-refractivity contribution < 1.29 is 5.11 Å². The first-order valence-corrected chi connectivity index (χ1v) is 7.15. The third-order valence-electron chi connectivity index (χ3n) is 4.13. The van der Waals surface area contributed by atoms with Gasteiger partial charge in [0.1, 0.15) is 0 Å². The molecule has 3 nitrogen and oxygen atoms in total. The fourth-order valence-corrected chi connectivity index (χ4v) is 2.97. The molecule has 19 heavy (non-hydrogen) atoms. The van der Waals surface area contributed by atoms with Crippen LogP contribution in [0.1, 0.15) is 56.8 Å². The van der Waals surface area contributed by atoms with Gasteiger partial charge in [0.25, 0.3) is 0 Å². The van der Waals surface area contributed by atoms with Gasteiger partial charge in [-0.1, -0.05) is 45.0 Å². The Morgan fingerprint density at radius 1 is 1.32 bits per heavy atom. The molecule has 4 N–H and O–H groups in total. The van der Waals surface area contributed by atoms with Crippen molar-refractivity contribution in [1.82, 2.24) is 5.32 Å². The number of aliphatic hydroxyl groups is 1. The van der Waals surface area contributed by atoms with E-state index < -0.39 is 0 Å². The molecule has 1 aromatic carbocycles. The largest absolute Gasteiger partial charge is 0.396 e. The van der Waals surface area contributed by atoms with Crippen LogP contribution >= 0.6 is 0 Å². The van der Waals surface area contributed by atoms with Crippen LogP contribution in [0.5, 0.6) is 0 Å². The topological polar surface area (TPSA) is 58.3 Å². The van der Waals surface area contributed by atoms with Crippen LogP contribution in [0.25, 0.3) is 0 Å². The van der Waals surface area contributed by atoms with E-state index in [0.29, 0.717) is 12.1 Å². The van der Waals surface area contributed by atoms with Crippen molar-refractivity contribution in [2.45, 2.75) is 51.7 Å². The Kier molecular flexibility index (Phi) is 4.29. The molecule has 0 saturated heterocycles. The summed E-state index contributed by atoms with van der Waals surface area (Å²) in [4.78, 5) is 0. The van der Waals surface area contributed by atoms with Crippen molar-refractivity contribution in [1.29, 1.82) is 0 Å². The van der Waals surface area contributed by atoms with Crippen LogP contribution in [0.4, 0.5) is 0 Å². The van der Waals surface area contributed by atoms with Crippen molar-refractivity contribution in [2.24, 2.45) is 11.1 Å². The minimum absolute atomic E-state index is 0.128. The molecule has 3 atom stereocenters. The summed E-state index contributed by atoms with van der Waals surface area (Å²) in [7, 11) is 0. The highest BCUT2D eigenvalue weighted by Crippen LogP contribution is 2.38. The Bertz CT molecular complexity index is 425. The fourth-order valence-electron chi connectivity index (χ4n) is 2.97. The molecule has 0 amide bonds. The molecule has 0 saturated carbocycles. The lowest BCUT2D eigenvalue weighted by Crippen LogP contribution is -2.42. The maximum Gasteiger partial charge on any atom is 0.0446 e.